The predicted molar refractivity (Wildman–Crippen MR) is 130 cm³/mol. The fourth-order valence-corrected chi connectivity index (χ4v) is 5.58. The highest BCUT2D eigenvalue weighted by Crippen LogP contribution is 2.26. The van der Waals surface area contributed by atoms with Gasteiger partial charge in [-0.1, -0.05) is 18.6 Å². The number of rotatable bonds is 9. The van der Waals surface area contributed by atoms with E-state index < -0.39 is 0 Å². The highest BCUT2D eigenvalue weighted by molar-refractivity contribution is 5.88. The number of benzene rings is 1. The lowest BCUT2D eigenvalue weighted by molar-refractivity contribution is -0.114. The van der Waals surface area contributed by atoms with Gasteiger partial charge < -0.3 is 15.0 Å². The number of anilines is 1. The molecule has 3 aliphatic heterocycles. The van der Waals surface area contributed by atoms with Crippen molar-refractivity contribution in [1.82, 2.24) is 14.7 Å². The first kappa shape index (κ1) is 23.7. The summed E-state index contributed by atoms with van der Waals surface area (Å²) in [5.41, 5.74) is 2.19. The van der Waals surface area contributed by atoms with Gasteiger partial charge in [0.15, 0.2) is 0 Å². The SMILES string of the molecule is CC(=O)Nc1ccc(CN2CCN3C[C@@H](COCCCN4CCCCC4)CC[C@H]3C2)cc1. The number of hydrogen-bond donors (Lipinski definition) is 1. The smallest absolute Gasteiger partial charge is 0.221 e. The van der Waals surface area contributed by atoms with Crippen LogP contribution in [0.5, 0.6) is 0 Å². The summed E-state index contributed by atoms with van der Waals surface area (Å²) in [6, 6.07) is 8.97. The van der Waals surface area contributed by atoms with E-state index in [0.29, 0.717) is 12.0 Å². The van der Waals surface area contributed by atoms with Gasteiger partial charge in [0.25, 0.3) is 0 Å². The summed E-state index contributed by atoms with van der Waals surface area (Å²) in [5.74, 6) is 0.682. The van der Waals surface area contributed by atoms with Gasteiger partial charge in [0.1, 0.15) is 0 Å². The molecule has 32 heavy (non-hydrogen) atoms. The van der Waals surface area contributed by atoms with Crippen molar-refractivity contribution in [2.75, 3.05) is 64.3 Å². The number of nitrogens with one attached hydrogen (secondary N) is 1. The number of carbonyl (C=O) groups excluding carboxylic acids is 1. The first-order valence-corrected chi connectivity index (χ1v) is 12.8. The Kier molecular flexibility index (Phi) is 8.97. The normalized spacial score (nSPS) is 25.4. The number of carbonyl (C=O) groups is 1. The van der Waals surface area contributed by atoms with Crippen molar-refractivity contribution in [2.24, 2.45) is 5.92 Å². The maximum atomic E-state index is 11.2. The molecule has 1 aromatic rings. The second-order valence-electron chi connectivity index (χ2n) is 10.0. The molecule has 1 N–H and O–H groups in total. The number of nitrogens with zero attached hydrogens (tertiary/aromatic N) is 3. The largest absolute Gasteiger partial charge is 0.381 e. The van der Waals surface area contributed by atoms with Gasteiger partial charge >= 0.3 is 0 Å². The standard InChI is InChI=1S/C26H42N4O2/c1-22(31)27-25-9-6-23(7-10-25)18-29-15-16-30-19-24(8-11-26(30)20-29)21-32-17-5-14-28-12-3-2-4-13-28/h6-7,9-10,24,26H,2-5,8,11-21H2,1H3,(H,27,31)/t24-,26-/m0/s1. The van der Waals surface area contributed by atoms with Crippen molar-refractivity contribution < 1.29 is 9.53 Å². The minimum Gasteiger partial charge on any atom is -0.381 e. The average Bonchev–Trinajstić information content (AvgIpc) is 2.80. The van der Waals surface area contributed by atoms with E-state index in [-0.39, 0.29) is 5.91 Å². The quantitative estimate of drug-likeness (QED) is 0.594. The number of hydrogen-bond acceptors (Lipinski definition) is 5. The van der Waals surface area contributed by atoms with Crippen LogP contribution >= 0.6 is 0 Å². The lowest BCUT2D eigenvalue weighted by atomic mass is 9.91. The summed E-state index contributed by atoms with van der Waals surface area (Å²) < 4.78 is 6.09. The topological polar surface area (TPSA) is 48.1 Å². The molecule has 178 valence electrons. The Hall–Kier alpha value is -1.47. The molecule has 0 spiro atoms. The van der Waals surface area contributed by atoms with E-state index in [2.05, 4.69) is 32.1 Å². The molecule has 1 aromatic carbocycles. The van der Waals surface area contributed by atoms with E-state index in [4.69, 9.17) is 4.74 Å². The Morgan fingerprint density at radius 2 is 1.81 bits per heavy atom. The first-order valence-electron chi connectivity index (χ1n) is 12.8. The molecule has 3 saturated heterocycles. The van der Waals surface area contributed by atoms with Gasteiger partial charge in [-0.05, 0) is 68.8 Å². The van der Waals surface area contributed by atoms with Crippen LogP contribution in [0, 0.1) is 5.92 Å². The zero-order valence-corrected chi connectivity index (χ0v) is 19.9. The third kappa shape index (κ3) is 7.27. The molecule has 6 heteroatoms. The van der Waals surface area contributed by atoms with E-state index in [0.717, 1.165) is 38.5 Å². The lowest BCUT2D eigenvalue weighted by Gasteiger charge is -2.46. The van der Waals surface area contributed by atoms with Gasteiger partial charge in [-0.25, -0.2) is 0 Å². The van der Waals surface area contributed by atoms with Crippen molar-refractivity contribution in [3.8, 4) is 0 Å². The van der Waals surface area contributed by atoms with E-state index in [1.807, 2.05) is 12.1 Å². The zero-order chi connectivity index (χ0) is 22.2. The van der Waals surface area contributed by atoms with Gasteiger partial charge in [-0.15, -0.1) is 0 Å². The molecule has 3 fully saturated rings. The number of ether oxygens (including phenoxy) is 1. The third-order valence-corrected chi connectivity index (χ3v) is 7.34. The van der Waals surface area contributed by atoms with Crippen molar-refractivity contribution in [3.63, 3.8) is 0 Å². The highest BCUT2D eigenvalue weighted by Gasteiger charge is 2.32. The van der Waals surface area contributed by atoms with Crippen LogP contribution < -0.4 is 5.32 Å². The van der Waals surface area contributed by atoms with Gasteiger partial charge in [0, 0.05) is 64.5 Å². The van der Waals surface area contributed by atoms with Crippen molar-refractivity contribution >= 4 is 11.6 Å². The molecule has 6 nitrogen and oxygen atoms in total. The van der Waals surface area contributed by atoms with Gasteiger partial charge in [0.05, 0.1) is 6.61 Å². The lowest BCUT2D eigenvalue weighted by Crippen LogP contribution is -2.56. The minimum atomic E-state index is -0.0210. The maximum Gasteiger partial charge on any atom is 0.221 e. The molecule has 0 saturated carbocycles. The Labute approximate surface area is 194 Å². The van der Waals surface area contributed by atoms with E-state index in [1.165, 1.54) is 76.8 Å². The Morgan fingerprint density at radius 1 is 1.00 bits per heavy atom. The minimum absolute atomic E-state index is 0.0210. The van der Waals surface area contributed by atoms with Crippen LogP contribution in [-0.2, 0) is 16.1 Å². The van der Waals surface area contributed by atoms with E-state index >= 15 is 0 Å². The molecular weight excluding hydrogens is 400 g/mol. The average molecular weight is 443 g/mol. The van der Waals surface area contributed by atoms with Crippen molar-refractivity contribution in [1.29, 1.82) is 0 Å². The molecule has 0 aromatic heterocycles. The Bertz CT molecular complexity index is 704. The maximum absolute atomic E-state index is 11.2. The number of likely N-dealkylation sites (tertiary alicyclic amines) is 1. The van der Waals surface area contributed by atoms with Crippen LogP contribution in [0.3, 0.4) is 0 Å². The first-order chi connectivity index (χ1) is 15.7. The van der Waals surface area contributed by atoms with Gasteiger partial charge in [-0.3, -0.25) is 14.6 Å². The second kappa shape index (κ2) is 12.1. The molecule has 3 aliphatic rings. The zero-order valence-electron chi connectivity index (χ0n) is 19.9. The Morgan fingerprint density at radius 3 is 2.59 bits per heavy atom. The summed E-state index contributed by atoms with van der Waals surface area (Å²) in [6.45, 7) is 12.9. The van der Waals surface area contributed by atoms with Crippen LogP contribution in [0.2, 0.25) is 0 Å². The van der Waals surface area contributed by atoms with Crippen LogP contribution in [0.15, 0.2) is 24.3 Å². The summed E-state index contributed by atoms with van der Waals surface area (Å²) >= 11 is 0. The second-order valence-corrected chi connectivity index (χ2v) is 10.0. The summed E-state index contributed by atoms with van der Waals surface area (Å²) in [6.07, 6.45) is 7.94. The van der Waals surface area contributed by atoms with Crippen LogP contribution in [0.4, 0.5) is 5.69 Å². The molecule has 0 radical (unpaired) electrons. The van der Waals surface area contributed by atoms with Crippen LogP contribution in [0.1, 0.15) is 51.0 Å². The van der Waals surface area contributed by atoms with Gasteiger partial charge in [-0.2, -0.15) is 0 Å². The molecule has 1 amide bonds. The highest BCUT2D eigenvalue weighted by atomic mass is 16.5. The summed E-state index contributed by atoms with van der Waals surface area (Å²) in [4.78, 5) is 19.1. The van der Waals surface area contributed by atoms with Crippen LogP contribution in [-0.4, -0.2) is 85.7 Å². The summed E-state index contributed by atoms with van der Waals surface area (Å²) in [7, 11) is 0. The van der Waals surface area contributed by atoms with Crippen LogP contribution in [0.25, 0.3) is 0 Å². The third-order valence-electron chi connectivity index (χ3n) is 7.34. The predicted octanol–water partition coefficient (Wildman–Crippen LogP) is 3.43. The monoisotopic (exact) mass is 442 g/mol. The number of amides is 1. The van der Waals surface area contributed by atoms with Crippen molar-refractivity contribution in [2.45, 2.75) is 58.0 Å². The molecule has 2 atom stereocenters. The molecule has 0 aliphatic carbocycles. The fourth-order valence-electron chi connectivity index (χ4n) is 5.58. The molecular formula is C26H42N4O2. The fraction of sp³-hybridized carbons (Fsp3) is 0.731. The number of piperazine rings is 1. The Balaban J connectivity index is 1.11. The number of fused-ring (bicyclic) bond motifs is 1. The molecule has 0 unspecified atom stereocenters. The van der Waals surface area contributed by atoms with E-state index in [1.54, 1.807) is 6.92 Å². The van der Waals surface area contributed by atoms with E-state index in [9.17, 15) is 4.79 Å². The molecule has 0 bridgehead atoms. The summed E-state index contributed by atoms with van der Waals surface area (Å²) in [5, 5.41) is 2.84. The molecule has 3 heterocycles. The molecule has 4 rings (SSSR count). The van der Waals surface area contributed by atoms with Gasteiger partial charge in [0.2, 0.25) is 5.91 Å². The van der Waals surface area contributed by atoms with Crippen molar-refractivity contribution in [3.05, 3.63) is 29.8 Å². The number of piperidine rings is 2.